The van der Waals surface area contributed by atoms with Crippen LogP contribution in [0.4, 0.5) is 17.6 Å². The highest BCUT2D eigenvalue weighted by molar-refractivity contribution is 6.20. The smallest absolute Gasteiger partial charge is 0.349 e. The van der Waals surface area contributed by atoms with Gasteiger partial charge in [0.15, 0.2) is 0 Å². The third kappa shape index (κ3) is 4.67. The highest BCUT2D eigenvalue weighted by Crippen LogP contribution is 2.30. The molecule has 112 valence electrons. The molecule has 0 saturated heterocycles. The van der Waals surface area contributed by atoms with Gasteiger partial charge in [-0.05, 0) is 38.5 Å². The zero-order valence-corrected chi connectivity index (χ0v) is 11.6. The number of hydrogen-bond acceptors (Lipinski definition) is 1. The Morgan fingerprint density at radius 3 is 2.45 bits per heavy atom. The Balaban J connectivity index is 2.92. The summed E-state index contributed by atoms with van der Waals surface area (Å²) in [6.45, 7) is 3.36. The SMILES string of the molecule is CC(Cl)CC(C)NC(=O)c1cc(C(F)(F)F)ccc1F. The molecule has 7 heteroatoms. The van der Waals surface area contributed by atoms with Crippen LogP contribution < -0.4 is 5.32 Å². The third-order valence-electron chi connectivity index (χ3n) is 2.59. The van der Waals surface area contributed by atoms with Crippen LogP contribution in [0.2, 0.25) is 0 Å². The number of carbonyl (C=O) groups is 1. The van der Waals surface area contributed by atoms with Gasteiger partial charge in [-0.15, -0.1) is 11.6 Å². The number of nitrogens with one attached hydrogen (secondary N) is 1. The minimum atomic E-state index is -4.63. The largest absolute Gasteiger partial charge is 0.416 e. The van der Waals surface area contributed by atoms with Crippen molar-refractivity contribution in [3.8, 4) is 0 Å². The lowest BCUT2D eigenvalue weighted by Gasteiger charge is -2.16. The average molecular weight is 312 g/mol. The second kappa shape index (κ2) is 6.43. The van der Waals surface area contributed by atoms with Crippen molar-refractivity contribution in [1.29, 1.82) is 0 Å². The molecule has 1 aromatic carbocycles. The first-order chi connectivity index (χ1) is 9.11. The molecule has 1 N–H and O–H groups in total. The van der Waals surface area contributed by atoms with Crippen molar-refractivity contribution in [3.63, 3.8) is 0 Å². The first-order valence-corrected chi connectivity index (χ1v) is 6.36. The molecule has 0 spiro atoms. The Kier molecular flexibility index (Phi) is 5.39. The van der Waals surface area contributed by atoms with Crippen LogP contribution in [0.15, 0.2) is 18.2 Å². The second-order valence-electron chi connectivity index (χ2n) is 4.58. The van der Waals surface area contributed by atoms with Crippen LogP contribution in [0.3, 0.4) is 0 Å². The molecule has 2 nitrogen and oxygen atoms in total. The normalized spacial score (nSPS) is 14.8. The molecule has 2 atom stereocenters. The molecule has 0 aromatic heterocycles. The van der Waals surface area contributed by atoms with Crippen molar-refractivity contribution in [2.45, 2.75) is 37.9 Å². The number of alkyl halides is 4. The van der Waals surface area contributed by atoms with Crippen molar-refractivity contribution in [2.75, 3.05) is 0 Å². The summed E-state index contributed by atoms with van der Waals surface area (Å²) in [4.78, 5) is 11.8. The lowest BCUT2D eigenvalue weighted by Crippen LogP contribution is -2.34. The fourth-order valence-electron chi connectivity index (χ4n) is 1.72. The molecule has 0 aliphatic heterocycles. The van der Waals surface area contributed by atoms with E-state index in [4.69, 9.17) is 11.6 Å². The summed E-state index contributed by atoms with van der Waals surface area (Å²) in [5, 5.41) is 2.20. The van der Waals surface area contributed by atoms with Gasteiger partial charge in [0.2, 0.25) is 0 Å². The van der Waals surface area contributed by atoms with Crippen LogP contribution in [0.25, 0.3) is 0 Å². The van der Waals surface area contributed by atoms with E-state index < -0.39 is 29.0 Å². The van der Waals surface area contributed by atoms with E-state index in [0.29, 0.717) is 24.6 Å². The van der Waals surface area contributed by atoms with Crippen LogP contribution in [0.1, 0.15) is 36.2 Å². The van der Waals surface area contributed by atoms with E-state index in [-0.39, 0.29) is 11.4 Å². The number of hydrogen-bond donors (Lipinski definition) is 1. The minimum absolute atomic E-state index is 0.211. The number of rotatable bonds is 4. The lowest BCUT2D eigenvalue weighted by molar-refractivity contribution is -0.137. The van der Waals surface area contributed by atoms with E-state index in [1.165, 1.54) is 0 Å². The Hall–Kier alpha value is -1.30. The standard InChI is InChI=1S/C13H14ClF4NO/c1-7(14)5-8(2)19-12(20)10-6-9(13(16,17)18)3-4-11(10)15/h3-4,6-8H,5H2,1-2H3,(H,19,20). The Morgan fingerprint density at radius 2 is 1.95 bits per heavy atom. The van der Waals surface area contributed by atoms with E-state index in [1.54, 1.807) is 13.8 Å². The van der Waals surface area contributed by atoms with Gasteiger partial charge in [-0.1, -0.05) is 0 Å². The Labute approximate surface area is 119 Å². The molecule has 20 heavy (non-hydrogen) atoms. The van der Waals surface area contributed by atoms with Crippen LogP contribution in [0, 0.1) is 5.82 Å². The molecule has 0 heterocycles. The maximum atomic E-state index is 13.5. The van der Waals surface area contributed by atoms with Crippen molar-refractivity contribution >= 4 is 17.5 Å². The highest BCUT2D eigenvalue weighted by Gasteiger charge is 2.32. The quantitative estimate of drug-likeness (QED) is 0.661. The number of benzene rings is 1. The first kappa shape index (κ1) is 16.8. The Bertz CT molecular complexity index is 488. The number of halogens is 5. The molecule has 0 aliphatic rings. The summed E-state index contributed by atoms with van der Waals surface area (Å²) in [5.74, 6) is -1.89. The summed E-state index contributed by atoms with van der Waals surface area (Å²) in [6.07, 6.45) is -4.20. The van der Waals surface area contributed by atoms with Crippen LogP contribution in [0.5, 0.6) is 0 Å². The van der Waals surface area contributed by atoms with Gasteiger partial charge < -0.3 is 5.32 Å². The summed E-state index contributed by atoms with van der Waals surface area (Å²) in [6, 6.07) is 1.36. The average Bonchev–Trinajstić information content (AvgIpc) is 2.26. The van der Waals surface area contributed by atoms with Gasteiger partial charge in [-0.3, -0.25) is 4.79 Å². The molecule has 0 bridgehead atoms. The van der Waals surface area contributed by atoms with Crippen molar-refractivity contribution in [1.82, 2.24) is 5.32 Å². The van der Waals surface area contributed by atoms with Crippen molar-refractivity contribution in [2.24, 2.45) is 0 Å². The molecular formula is C13H14ClF4NO. The minimum Gasteiger partial charge on any atom is -0.349 e. The van der Waals surface area contributed by atoms with E-state index in [2.05, 4.69) is 5.32 Å². The van der Waals surface area contributed by atoms with Gasteiger partial charge in [-0.2, -0.15) is 13.2 Å². The van der Waals surface area contributed by atoms with Crippen LogP contribution in [-0.4, -0.2) is 17.3 Å². The summed E-state index contributed by atoms with van der Waals surface area (Å²) in [5.41, 5.74) is -1.70. The lowest BCUT2D eigenvalue weighted by atomic mass is 10.1. The van der Waals surface area contributed by atoms with Gasteiger partial charge in [0.25, 0.3) is 5.91 Å². The zero-order valence-electron chi connectivity index (χ0n) is 10.9. The molecule has 1 amide bonds. The van der Waals surface area contributed by atoms with Crippen molar-refractivity contribution < 1.29 is 22.4 Å². The summed E-state index contributed by atoms with van der Waals surface area (Å²) >= 11 is 5.74. The molecule has 0 fully saturated rings. The molecule has 1 rings (SSSR count). The fourth-order valence-corrected chi connectivity index (χ4v) is 1.99. The van der Waals surface area contributed by atoms with Gasteiger partial charge in [0.1, 0.15) is 5.82 Å². The van der Waals surface area contributed by atoms with Gasteiger partial charge in [0.05, 0.1) is 11.1 Å². The molecule has 0 saturated carbocycles. The van der Waals surface area contributed by atoms with E-state index in [0.717, 1.165) is 0 Å². The highest BCUT2D eigenvalue weighted by atomic mass is 35.5. The van der Waals surface area contributed by atoms with Gasteiger partial charge >= 0.3 is 6.18 Å². The zero-order chi connectivity index (χ0) is 15.5. The number of amides is 1. The van der Waals surface area contributed by atoms with Crippen LogP contribution >= 0.6 is 11.6 Å². The maximum absolute atomic E-state index is 13.5. The van der Waals surface area contributed by atoms with E-state index in [9.17, 15) is 22.4 Å². The van der Waals surface area contributed by atoms with Crippen molar-refractivity contribution in [3.05, 3.63) is 35.1 Å². The summed E-state index contributed by atoms with van der Waals surface area (Å²) in [7, 11) is 0. The molecule has 1 aromatic rings. The summed E-state index contributed by atoms with van der Waals surface area (Å²) < 4.78 is 51.0. The molecule has 2 unspecified atom stereocenters. The Morgan fingerprint density at radius 1 is 1.35 bits per heavy atom. The third-order valence-corrected chi connectivity index (χ3v) is 2.77. The van der Waals surface area contributed by atoms with Gasteiger partial charge in [-0.25, -0.2) is 4.39 Å². The van der Waals surface area contributed by atoms with Gasteiger partial charge in [0, 0.05) is 11.4 Å². The fraction of sp³-hybridized carbons (Fsp3) is 0.462. The predicted octanol–water partition coefficient (Wildman–Crippen LogP) is 3.98. The predicted molar refractivity (Wildman–Crippen MR) is 68.3 cm³/mol. The second-order valence-corrected chi connectivity index (χ2v) is 5.33. The monoisotopic (exact) mass is 311 g/mol. The topological polar surface area (TPSA) is 29.1 Å². The molecular weight excluding hydrogens is 298 g/mol. The van der Waals surface area contributed by atoms with Crippen LogP contribution in [-0.2, 0) is 6.18 Å². The molecule has 0 radical (unpaired) electrons. The molecule has 0 aliphatic carbocycles. The number of carbonyl (C=O) groups excluding carboxylic acids is 1. The first-order valence-electron chi connectivity index (χ1n) is 5.93. The van der Waals surface area contributed by atoms with E-state index >= 15 is 0 Å². The van der Waals surface area contributed by atoms with E-state index in [1.807, 2.05) is 0 Å². The maximum Gasteiger partial charge on any atom is 0.416 e.